The number of amides is 1. The predicted octanol–water partition coefficient (Wildman–Crippen LogP) is 2.49. The maximum Gasteiger partial charge on any atom is 0.254 e. The lowest BCUT2D eigenvalue weighted by atomic mass is 9.84. The summed E-state index contributed by atoms with van der Waals surface area (Å²) in [7, 11) is 0. The fourth-order valence-corrected chi connectivity index (χ4v) is 3.51. The second-order valence-electron chi connectivity index (χ2n) is 6.65. The van der Waals surface area contributed by atoms with Crippen LogP contribution in [0.2, 0.25) is 0 Å². The summed E-state index contributed by atoms with van der Waals surface area (Å²) in [6.07, 6.45) is 6.17. The van der Waals surface area contributed by atoms with Crippen molar-refractivity contribution in [1.29, 1.82) is 0 Å². The minimum Gasteiger partial charge on any atom is -0.349 e. The monoisotopic (exact) mass is 326 g/mol. The molecule has 2 atom stereocenters. The predicted molar refractivity (Wildman–Crippen MR) is 94.8 cm³/mol. The van der Waals surface area contributed by atoms with Crippen molar-refractivity contribution in [1.82, 2.24) is 15.1 Å². The van der Waals surface area contributed by atoms with E-state index in [0.29, 0.717) is 24.6 Å². The third-order valence-corrected chi connectivity index (χ3v) is 5.05. The lowest BCUT2D eigenvalue weighted by molar-refractivity contribution is 0.0907. The van der Waals surface area contributed by atoms with Gasteiger partial charge in [-0.3, -0.25) is 9.48 Å². The van der Waals surface area contributed by atoms with Gasteiger partial charge < -0.3 is 11.1 Å². The lowest BCUT2D eigenvalue weighted by Gasteiger charge is -2.31. The van der Waals surface area contributed by atoms with Crippen LogP contribution in [0, 0.1) is 12.8 Å². The van der Waals surface area contributed by atoms with E-state index in [1.54, 1.807) is 6.20 Å². The van der Waals surface area contributed by atoms with E-state index >= 15 is 0 Å². The average molecular weight is 326 g/mol. The molecule has 128 valence electrons. The van der Waals surface area contributed by atoms with E-state index in [2.05, 4.69) is 22.5 Å². The Morgan fingerprint density at radius 3 is 2.79 bits per heavy atom. The summed E-state index contributed by atoms with van der Waals surface area (Å²) < 4.78 is 1.88. The normalized spacial score (nSPS) is 20.8. The molecule has 24 heavy (non-hydrogen) atoms. The minimum absolute atomic E-state index is 0.0304. The van der Waals surface area contributed by atoms with Crippen LogP contribution < -0.4 is 11.1 Å². The Balaban J connectivity index is 1.69. The highest BCUT2D eigenvalue weighted by molar-refractivity contribution is 5.95. The third kappa shape index (κ3) is 3.67. The van der Waals surface area contributed by atoms with Crippen LogP contribution in [0.4, 0.5) is 0 Å². The van der Waals surface area contributed by atoms with Crippen molar-refractivity contribution in [3.05, 3.63) is 53.3 Å². The molecule has 1 aromatic heterocycles. The van der Waals surface area contributed by atoms with Crippen molar-refractivity contribution in [3.8, 4) is 0 Å². The minimum atomic E-state index is -0.0304. The van der Waals surface area contributed by atoms with Gasteiger partial charge in [0.25, 0.3) is 5.91 Å². The smallest absolute Gasteiger partial charge is 0.254 e. The zero-order chi connectivity index (χ0) is 16.9. The highest BCUT2D eigenvalue weighted by Crippen LogP contribution is 2.24. The van der Waals surface area contributed by atoms with Gasteiger partial charge in [0.05, 0.1) is 18.3 Å². The molecule has 5 heteroatoms. The van der Waals surface area contributed by atoms with Crippen LogP contribution in [0.15, 0.2) is 36.5 Å². The van der Waals surface area contributed by atoms with Crippen LogP contribution in [0.1, 0.15) is 47.3 Å². The molecule has 0 aliphatic heterocycles. The second-order valence-corrected chi connectivity index (χ2v) is 6.65. The van der Waals surface area contributed by atoms with Gasteiger partial charge in [-0.2, -0.15) is 5.10 Å². The van der Waals surface area contributed by atoms with E-state index in [9.17, 15) is 4.79 Å². The molecular weight excluding hydrogens is 300 g/mol. The highest BCUT2D eigenvalue weighted by atomic mass is 16.1. The van der Waals surface area contributed by atoms with Gasteiger partial charge in [0.15, 0.2) is 0 Å². The maximum absolute atomic E-state index is 12.7. The Morgan fingerprint density at radius 2 is 2.04 bits per heavy atom. The van der Waals surface area contributed by atoms with E-state index in [0.717, 1.165) is 25.0 Å². The van der Waals surface area contributed by atoms with Gasteiger partial charge in [0, 0.05) is 11.7 Å². The highest BCUT2D eigenvalue weighted by Gasteiger charge is 2.26. The van der Waals surface area contributed by atoms with Gasteiger partial charge >= 0.3 is 0 Å². The molecule has 5 nitrogen and oxygen atoms in total. The van der Waals surface area contributed by atoms with E-state index in [1.807, 2.05) is 29.8 Å². The number of hydrogen-bond donors (Lipinski definition) is 2. The largest absolute Gasteiger partial charge is 0.349 e. The van der Waals surface area contributed by atoms with Crippen LogP contribution in [0.25, 0.3) is 0 Å². The van der Waals surface area contributed by atoms with Crippen LogP contribution in [-0.4, -0.2) is 28.3 Å². The second kappa shape index (κ2) is 7.62. The van der Waals surface area contributed by atoms with Gasteiger partial charge in [-0.05, 0) is 37.8 Å². The van der Waals surface area contributed by atoms with Gasteiger partial charge in [-0.15, -0.1) is 0 Å². The number of nitrogens with one attached hydrogen (secondary N) is 1. The molecule has 2 aromatic rings. The number of benzene rings is 1. The molecule has 1 aliphatic rings. The van der Waals surface area contributed by atoms with E-state index in [-0.39, 0.29) is 11.9 Å². The molecule has 3 rings (SSSR count). The first kappa shape index (κ1) is 16.7. The summed E-state index contributed by atoms with van der Waals surface area (Å²) in [5, 5.41) is 7.58. The number of nitrogens with zero attached hydrogens (tertiary/aromatic N) is 2. The zero-order valence-electron chi connectivity index (χ0n) is 14.2. The van der Waals surface area contributed by atoms with Crippen molar-refractivity contribution in [2.24, 2.45) is 11.7 Å². The summed E-state index contributed by atoms with van der Waals surface area (Å²) in [4.78, 5) is 12.7. The zero-order valence-corrected chi connectivity index (χ0v) is 14.2. The fraction of sp³-hybridized carbons (Fsp3) is 0.474. The molecule has 1 heterocycles. The van der Waals surface area contributed by atoms with Gasteiger partial charge in [0.1, 0.15) is 0 Å². The molecule has 1 aromatic carbocycles. The Bertz CT molecular complexity index is 680. The van der Waals surface area contributed by atoms with Gasteiger partial charge in [-0.25, -0.2) is 0 Å². The van der Waals surface area contributed by atoms with Crippen LogP contribution in [0.3, 0.4) is 0 Å². The number of rotatable bonds is 5. The maximum atomic E-state index is 12.7. The standard InChI is InChI=1S/C19H26N4O/c1-14-17(12-21-23(14)13-15-7-3-2-4-8-15)19(24)22-18-10-6-5-9-16(18)11-20/h2-4,7-8,12,16,18H,5-6,9-11,13,20H2,1H3,(H,22,24). The van der Waals surface area contributed by atoms with Crippen molar-refractivity contribution in [2.75, 3.05) is 6.54 Å². The van der Waals surface area contributed by atoms with Crippen LogP contribution in [-0.2, 0) is 6.54 Å². The first-order valence-electron chi connectivity index (χ1n) is 8.76. The molecule has 1 aliphatic carbocycles. The molecule has 0 bridgehead atoms. The number of aromatic nitrogens is 2. The Kier molecular flexibility index (Phi) is 5.30. The number of hydrogen-bond acceptors (Lipinski definition) is 3. The van der Waals surface area contributed by atoms with E-state index < -0.39 is 0 Å². The van der Waals surface area contributed by atoms with Gasteiger partial charge in [-0.1, -0.05) is 43.2 Å². The first-order valence-corrected chi connectivity index (χ1v) is 8.76. The molecule has 2 unspecified atom stereocenters. The first-order chi connectivity index (χ1) is 11.7. The van der Waals surface area contributed by atoms with E-state index in [1.165, 1.54) is 12.0 Å². The number of nitrogens with two attached hydrogens (primary N) is 1. The summed E-state index contributed by atoms with van der Waals surface area (Å²) in [5.74, 6) is 0.361. The summed E-state index contributed by atoms with van der Waals surface area (Å²) in [6, 6.07) is 10.3. The summed E-state index contributed by atoms with van der Waals surface area (Å²) >= 11 is 0. The summed E-state index contributed by atoms with van der Waals surface area (Å²) in [6.45, 7) is 3.26. The molecule has 1 amide bonds. The van der Waals surface area contributed by atoms with Gasteiger partial charge in [0.2, 0.25) is 0 Å². The lowest BCUT2D eigenvalue weighted by Crippen LogP contribution is -2.44. The molecular formula is C19H26N4O. The third-order valence-electron chi connectivity index (χ3n) is 5.05. The SMILES string of the molecule is Cc1c(C(=O)NC2CCCCC2CN)cnn1Cc1ccccc1. The topological polar surface area (TPSA) is 72.9 Å². The number of carbonyl (C=O) groups is 1. The van der Waals surface area contributed by atoms with Crippen molar-refractivity contribution in [3.63, 3.8) is 0 Å². The fourth-order valence-electron chi connectivity index (χ4n) is 3.51. The quantitative estimate of drug-likeness (QED) is 0.886. The molecule has 1 saturated carbocycles. The van der Waals surface area contributed by atoms with Crippen molar-refractivity contribution >= 4 is 5.91 Å². The van der Waals surface area contributed by atoms with Crippen LogP contribution >= 0.6 is 0 Å². The molecule has 0 saturated heterocycles. The van der Waals surface area contributed by atoms with E-state index in [4.69, 9.17) is 5.73 Å². The Hall–Kier alpha value is -2.14. The summed E-state index contributed by atoms with van der Waals surface area (Å²) in [5.41, 5.74) is 8.59. The molecule has 0 radical (unpaired) electrons. The van der Waals surface area contributed by atoms with Crippen molar-refractivity contribution < 1.29 is 4.79 Å². The Labute approximate surface area is 143 Å². The Morgan fingerprint density at radius 1 is 1.29 bits per heavy atom. The molecule has 0 spiro atoms. The molecule has 3 N–H and O–H groups in total. The molecule has 1 fully saturated rings. The number of carbonyl (C=O) groups excluding carboxylic acids is 1. The van der Waals surface area contributed by atoms with Crippen LogP contribution in [0.5, 0.6) is 0 Å². The van der Waals surface area contributed by atoms with Crippen molar-refractivity contribution in [2.45, 2.75) is 45.2 Å². The average Bonchev–Trinajstić information content (AvgIpc) is 2.97.